The van der Waals surface area contributed by atoms with E-state index in [9.17, 15) is 4.79 Å². The Morgan fingerprint density at radius 1 is 0.944 bits per heavy atom. The van der Waals surface area contributed by atoms with Crippen molar-refractivity contribution in [3.8, 4) is 0 Å². The molecule has 1 aromatic heterocycles. The second-order valence-corrected chi connectivity index (χ2v) is 4.62. The maximum atomic E-state index is 11.9. The lowest BCUT2D eigenvalue weighted by Crippen LogP contribution is -2.09. The third-order valence-corrected chi connectivity index (χ3v) is 3.23. The van der Waals surface area contributed by atoms with Gasteiger partial charge in [-0.3, -0.25) is 4.79 Å². The molecule has 0 aliphatic rings. The molecule has 3 rings (SSSR count). The van der Waals surface area contributed by atoms with Crippen molar-refractivity contribution in [2.24, 2.45) is 0 Å². The summed E-state index contributed by atoms with van der Waals surface area (Å²) in [6.45, 7) is 0. The van der Waals surface area contributed by atoms with Crippen LogP contribution >= 0.6 is 0 Å². The van der Waals surface area contributed by atoms with Gasteiger partial charge in [0.05, 0.1) is 0 Å². The number of H-pyrrole nitrogens is 1. The van der Waals surface area contributed by atoms with Gasteiger partial charge >= 0.3 is 0 Å². The molecular weight excluding hydrogens is 224 g/mol. The molecule has 3 aromatic rings. The lowest BCUT2D eigenvalue weighted by Gasteiger charge is -2.13. The highest BCUT2D eigenvalue weighted by molar-refractivity contribution is 6.06. The van der Waals surface area contributed by atoms with Crippen molar-refractivity contribution >= 4 is 27.4 Å². The summed E-state index contributed by atoms with van der Waals surface area (Å²) in [5.74, 6) is 0. The molecule has 0 aliphatic heterocycles. The standard InChI is InChI=1S/C15H14N2O/c1-17(2)10-7-8-14-13(9-10)11-5-3-4-6-12(11)15(18)16-14/h3-9H,1-2H3,(H,16,18). The monoisotopic (exact) mass is 238 g/mol. The lowest BCUT2D eigenvalue weighted by atomic mass is 10.1. The number of rotatable bonds is 1. The second-order valence-electron chi connectivity index (χ2n) is 4.62. The molecule has 0 saturated carbocycles. The first kappa shape index (κ1) is 10.8. The minimum absolute atomic E-state index is 0.0318. The lowest BCUT2D eigenvalue weighted by molar-refractivity contribution is 1.13. The smallest absolute Gasteiger partial charge is 0.256 e. The van der Waals surface area contributed by atoms with Crippen molar-refractivity contribution < 1.29 is 0 Å². The topological polar surface area (TPSA) is 36.1 Å². The van der Waals surface area contributed by atoms with Crippen molar-refractivity contribution in [3.63, 3.8) is 0 Å². The van der Waals surface area contributed by atoms with Gasteiger partial charge in [0.25, 0.3) is 5.56 Å². The van der Waals surface area contributed by atoms with Gasteiger partial charge in [-0.05, 0) is 29.7 Å². The van der Waals surface area contributed by atoms with Crippen LogP contribution in [0.25, 0.3) is 21.7 Å². The van der Waals surface area contributed by atoms with Gasteiger partial charge in [-0.2, -0.15) is 0 Å². The van der Waals surface area contributed by atoms with Gasteiger partial charge in [0.2, 0.25) is 0 Å². The van der Waals surface area contributed by atoms with E-state index in [1.54, 1.807) is 0 Å². The quantitative estimate of drug-likeness (QED) is 0.662. The largest absolute Gasteiger partial charge is 0.378 e. The fourth-order valence-electron chi connectivity index (χ4n) is 2.25. The maximum absolute atomic E-state index is 11.9. The second kappa shape index (κ2) is 3.88. The van der Waals surface area contributed by atoms with Crippen molar-refractivity contribution in [2.45, 2.75) is 0 Å². The zero-order chi connectivity index (χ0) is 12.7. The van der Waals surface area contributed by atoms with Crippen molar-refractivity contribution in [1.29, 1.82) is 0 Å². The molecule has 2 aromatic carbocycles. The van der Waals surface area contributed by atoms with E-state index >= 15 is 0 Å². The van der Waals surface area contributed by atoms with Crippen LogP contribution in [0.2, 0.25) is 0 Å². The van der Waals surface area contributed by atoms with Gasteiger partial charge in [-0.15, -0.1) is 0 Å². The van der Waals surface area contributed by atoms with Crippen LogP contribution in [0.4, 0.5) is 5.69 Å². The van der Waals surface area contributed by atoms with Gasteiger partial charge in [-0.25, -0.2) is 0 Å². The third-order valence-electron chi connectivity index (χ3n) is 3.23. The average molecular weight is 238 g/mol. The van der Waals surface area contributed by atoms with E-state index in [1.165, 1.54) is 0 Å². The number of hydrogen-bond acceptors (Lipinski definition) is 2. The summed E-state index contributed by atoms with van der Waals surface area (Å²) in [6, 6.07) is 13.8. The number of nitrogens with zero attached hydrogens (tertiary/aromatic N) is 1. The number of fused-ring (bicyclic) bond motifs is 3. The number of aromatic nitrogens is 1. The maximum Gasteiger partial charge on any atom is 0.256 e. The van der Waals surface area contributed by atoms with Crippen LogP contribution in [-0.4, -0.2) is 19.1 Å². The molecule has 0 atom stereocenters. The predicted molar refractivity (Wildman–Crippen MR) is 76.4 cm³/mol. The van der Waals surface area contributed by atoms with E-state index in [0.717, 1.165) is 27.4 Å². The number of hydrogen-bond donors (Lipinski definition) is 1. The molecule has 0 spiro atoms. The summed E-state index contributed by atoms with van der Waals surface area (Å²) < 4.78 is 0. The highest BCUT2D eigenvalue weighted by atomic mass is 16.1. The Bertz CT molecular complexity index is 787. The average Bonchev–Trinajstić information content (AvgIpc) is 2.38. The van der Waals surface area contributed by atoms with Crippen molar-refractivity contribution in [1.82, 2.24) is 4.98 Å². The van der Waals surface area contributed by atoms with Gasteiger partial charge in [0.1, 0.15) is 0 Å². The van der Waals surface area contributed by atoms with Gasteiger partial charge < -0.3 is 9.88 Å². The Labute approximate surface area is 105 Å². The molecule has 0 aliphatic carbocycles. The first-order chi connectivity index (χ1) is 8.66. The molecule has 1 heterocycles. The molecule has 0 fully saturated rings. The molecule has 90 valence electrons. The molecule has 0 saturated heterocycles. The van der Waals surface area contributed by atoms with Crippen LogP contribution in [0.15, 0.2) is 47.3 Å². The van der Waals surface area contributed by atoms with Gasteiger partial charge in [0.15, 0.2) is 0 Å². The molecular formula is C15H14N2O. The van der Waals surface area contributed by atoms with E-state index in [4.69, 9.17) is 0 Å². The Morgan fingerprint density at radius 2 is 1.67 bits per heavy atom. The molecule has 18 heavy (non-hydrogen) atoms. The SMILES string of the molecule is CN(C)c1ccc2[nH]c(=O)c3ccccc3c2c1. The zero-order valence-corrected chi connectivity index (χ0v) is 10.4. The number of anilines is 1. The molecule has 1 N–H and O–H groups in total. The molecule has 0 bridgehead atoms. The summed E-state index contributed by atoms with van der Waals surface area (Å²) >= 11 is 0. The number of aromatic amines is 1. The third kappa shape index (κ3) is 1.56. The van der Waals surface area contributed by atoms with E-state index in [0.29, 0.717) is 0 Å². The van der Waals surface area contributed by atoms with E-state index in [2.05, 4.69) is 16.0 Å². The van der Waals surface area contributed by atoms with Crippen LogP contribution in [0, 0.1) is 0 Å². The van der Waals surface area contributed by atoms with Crippen LogP contribution in [0.1, 0.15) is 0 Å². The molecule has 3 nitrogen and oxygen atoms in total. The zero-order valence-electron chi connectivity index (χ0n) is 10.4. The predicted octanol–water partition coefficient (Wildman–Crippen LogP) is 2.75. The number of nitrogens with one attached hydrogen (secondary N) is 1. The van der Waals surface area contributed by atoms with Crippen LogP contribution in [-0.2, 0) is 0 Å². The Kier molecular flexibility index (Phi) is 2.33. The Morgan fingerprint density at radius 3 is 2.39 bits per heavy atom. The van der Waals surface area contributed by atoms with E-state index < -0.39 is 0 Å². The highest BCUT2D eigenvalue weighted by Crippen LogP contribution is 2.25. The first-order valence-corrected chi connectivity index (χ1v) is 5.89. The Balaban J connectivity index is 2.50. The molecule has 0 amide bonds. The summed E-state index contributed by atoms with van der Waals surface area (Å²) in [4.78, 5) is 16.9. The number of benzene rings is 2. The minimum atomic E-state index is -0.0318. The van der Waals surface area contributed by atoms with Crippen LogP contribution in [0.5, 0.6) is 0 Å². The fourth-order valence-corrected chi connectivity index (χ4v) is 2.25. The summed E-state index contributed by atoms with van der Waals surface area (Å²) in [5.41, 5.74) is 1.97. The van der Waals surface area contributed by atoms with Crippen molar-refractivity contribution in [2.75, 3.05) is 19.0 Å². The normalized spacial score (nSPS) is 11.0. The van der Waals surface area contributed by atoms with Crippen LogP contribution < -0.4 is 10.5 Å². The Hall–Kier alpha value is -2.29. The van der Waals surface area contributed by atoms with Gasteiger partial charge in [-0.1, -0.05) is 18.2 Å². The summed E-state index contributed by atoms with van der Waals surface area (Å²) in [7, 11) is 4.02. The fraction of sp³-hybridized carbons (Fsp3) is 0.133. The molecule has 3 heteroatoms. The van der Waals surface area contributed by atoms with Crippen molar-refractivity contribution in [3.05, 3.63) is 52.8 Å². The summed E-state index contributed by atoms with van der Waals surface area (Å²) in [6.07, 6.45) is 0. The van der Waals surface area contributed by atoms with E-state index in [1.807, 2.05) is 50.5 Å². The van der Waals surface area contributed by atoms with Gasteiger partial charge in [0, 0.05) is 36.1 Å². The summed E-state index contributed by atoms with van der Waals surface area (Å²) in [5, 5.41) is 2.82. The molecule has 0 radical (unpaired) electrons. The van der Waals surface area contributed by atoms with E-state index in [-0.39, 0.29) is 5.56 Å². The first-order valence-electron chi connectivity index (χ1n) is 5.89. The van der Waals surface area contributed by atoms with Crippen LogP contribution in [0.3, 0.4) is 0 Å². The number of pyridine rings is 1. The minimum Gasteiger partial charge on any atom is -0.378 e. The molecule has 0 unspecified atom stereocenters. The highest BCUT2D eigenvalue weighted by Gasteiger charge is 2.05.